The number of aromatic nitrogens is 2. The van der Waals surface area contributed by atoms with Gasteiger partial charge in [0, 0.05) is 42.8 Å². The van der Waals surface area contributed by atoms with E-state index in [9.17, 15) is 18.0 Å². The van der Waals surface area contributed by atoms with Gasteiger partial charge in [-0.2, -0.15) is 13.2 Å². The van der Waals surface area contributed by atoms with Gasteiger partial charge in [-0.1, -0.05) is 12.0 Å². The van der Waals surface area contributed by atoms with Crippen LogP contribution in [0.5, 0.6) is 0 Å². The van der Waals surface area contributed by atoms with Gasteiger partial charge in [0.15, 0.2) is 0 Å². The predicted octanol–water partition coefficient (Wildman–Crippen LogP) is 4.05. The number of pyridine rings is 2. The number of nitrogens with zero attached hydrogens (tertiary/aromatic N) is 3. The van der Waals surface area contributed by atoms with Crippen molar-refractivity contribution in [1.82, 2.24) is 14.9 Å². The minimum Gasteiger partial charge on any atom is -0.330 e. The summed E-state index contributed by atoms with van der Waals surface area (Å²) in [5.41, 5.74) is 1.28. The quantitative estimate of drug-likeness (QED) is 0.586. The Morgan fingerprint density at radius 3 is 2.55 bits per heavy atom. The largest absolute Gasteiger partial charge is 0.417 e. The van der Waals surface area contributed by atoms with Crippen LogP contribution in [0.3, 0.4) is 0 Å². The lowest BCUT2D eigenvalue weighted by Gasteiger charge is -2.17. The second kappa shape index (κ2) is 7.40. The summed E-state index contributed by atoms with van der Waals surface area (Å²) in [4.78, 5) is 22.5. The summed E-state index contributed by atoms with van der Waals surface area (Å²) < 4.78 is 40.2. The summed E-state index contributed by atoms with van der Waals surface area (Å²) in [5, 5.41) is 0. The van der Waals surface area contributed by atoms with Crippen LogP contribution < -0.4 is 0 Å². The molecule has 1 aliphatic heterocycles. The molecule has 0 unspecified atom stereocenters. The van der Waals surface area contributed by atoms with Crippen LogP contribution in [0.4, 0.5) is 13.2 Å². The molecule has 3 heterocycles. The number of hydrogen-bond acceptors (Lipinski definition) is 3. The van der Waals surface area contributed by atoms with Crippen LogP contribution in [0, 0.1) is 11.8 Å². The van der Waals surface area contributed by atoms with Crippen molar-refractivity contribution in [2.45, 2.75) is 19.3 Å². The highest BCUT2D eigenvalue weighted by Crippen LogP contribution is 2.33. The van der Waals surface area contributed by atoms with Gasteiger partial charge in [0.2, 0.25) is 0 Å². The van der Waals surface area contributed by atoms with Gasteiger partial charge in [-0.25, -0.2) is 4.98 Å². The number of rotatable bonds is 1. The van der Waals surface area contributed by atoms with E-state index < -0.39 is 11.7 Å². The summed E-state index contributed by atoms with van der Waals surface area (Å²) in [6.45, 7) is 0.768. The summed E-state index contributed by atoms with van der Waals surface area (Å²) in [6, 6.07) is 10.1. The molecular formula is C22H14F3N3O. The lowest BCUT2D eigenvalue weighted by molar-refractivity contribution is -0.137. The fourth-order valence-corrected chi connectivity index (χ4v) is 3.14. The van der Waals surface area contributed by atoms with Gasteiger partial charge in [-0.3, -0.25) is 9.78 Å². The third kappa shape index (κ3) is 3.97. The van der Waals surface area contributed by atoms with Crippen molar-refractivity contribution >= 4 is 5.91 Å². The maximum atomic E-state index is 13.4. The SMILES string of the molecule is O=C(c1ccc(C(F)(F)F)c(C#Cc2ccccn2)c1)N1Cc2ccncc2C1. The standard InChI is InChI=1S/C22H14F3N3O/c23-22(24,25)20-7-5-16(11-15(20)4-6-19-3-1-2-9-27-19)21(29)28-13-17-8-10-26-12-18(17)14-28/h1-3,5,7-12H,13-14H2. The second-order valence-corrected chi connectivity index (χ2v) is 6.53. The predicted molar refractivity (Wildman–Crippen MR) is 99.5 cm³/mol. The molecule has 1 aromatic carbocycles. The highest BCUT2D eigenvalue weighted by molar-refractivity contribution is 5.95. The topological polar surface area (TPSA) is 46.1 Å². The number of halogens is 3. The zero-order chi connectivity index (χ0) is 20.4. The molecule has 0 saturated carbocycles. The van der Waals surface area contributed by atoms with E-state index in [-0.39, 0.29) is 17.0 Å². The molecule has 0 saturated heterocycles. The van der Waals surface area contributed by atoms with Gasteiger partial charge in [0.1, 0.15) is 5.69 Å². The zero-order valence-electron chi connectivity index (χ0n) is 15.1. The normalized spacial score (nSPS) is 12.9. The molecule has 0 fully saturated rings. The van der Waals surface area contributed by atoms with Gasteiger partial charge >= 0.3 is 6.18 Å². The Bertz CT molecular complexity index is 1110. The highest BCUT2D eigenvalue weighted by Gasteiger charge is 2.34. The van der Waals surface area contributed by atoms with Crippen LogP contribution >= 0.6 is 0 Å². The molecule has 0 atom stereocenters. The third-order valence-corrected chi connectivity index (χ3v) is 4.58. The minimum atomic E-state index is -4.58. The zero-order valence-corrected chi connectivity index (χ0v) is 15.1. The first-order valence-corrected chi connectivity index (χ1v) is 8.77. The van der Waals surface area contributed by atoms with E-state index in [0.29, 0.717) is 18.8 Å². The Kier molecular flexibility index (Phi) is 4.77. The average Bonchev–Trinajstić information content (AvgIpc) is 3.16. The first-order chi connectivity index (χ1) is 13.9. The van der Waals surface area contributed by atoms with Crippen molar-refractivity contribution in [3.8, 4) is 11.8 Å². The van der Waals surface area contributed by atoms with E-state index in [1.807, 2.05) is 6.07 Å². The number of carbonyl (C=O) groups excluding carboxylic acids is 1. The Hall–Kier alpha value is -3.66. The highest BCUT2D eigenvalue weighted by atomic mass is 19.4. The number of carbonyl (C=O) groups is 1. The number of hydrogen-bond donors (Lipinski definition) is 0. The molecule has 2 aromatic heterocycles. The molecule has 29 heavy (non-hydrogen) atoms. The lowest BCUT2D eigenvalue weighted by atomic mass is 10.0. The van der Waals surface area contributed by atoms with Crippen molar-refractivity contribution in [2.24, 2.45) is 0 Å². The van der Waals surface area contributed by atoms with E-state index in [0.717, 1.165) is 17.2 Å². The fraction of sp³-hybridized carbons (Fsp3) is 0.136. The van der Waals surface area contributed by atoms with E-state index in [2.05, 4.69) is 21.8 Å². The second-order valence-electron chi connectivity index (χ2n) is 6.53. The molecule has 4 rings (SSSR count). The van der Waals surface area contributed by atoms with Crippen molar-refractivity contribution in [1.29, 1.82) is 0 Å². The molecule has 7 heteroatoms. The van der Waals surface area contributed by atoms with E-state index in [4.69, 9.17) is 0 Å². The number of fused-ring (bicyclic) bond motifs is 1. The molecule has 0 bridgehead atoms. The number of amides is 1. The monoisotopic (exact) mass is 393 g/mol. The fourth-order valence-electron chi connectivity index (χ4n) is 3.14. The van der Waals surface area contributed by atoms with Crippen LogP contribution in [-0.2, 0) is 19.3 Å². The number of benzene rings is 1. The van der Waals surface area contributed by atoms with Crippen LogP contribution in [0.25, 0.3) is 0 Å². The first kappa shape index (κ1) is 18.7. The molecule has 0 aliphatic carbocycles. The van der Waals surface area contributed by atoms with Crippen molar-refractivity contribution in [2.75, 3.05) is 0 Å². The molecule has 0 spiro atoms. The molecule has 4 nitrogen and oxygen atoms in total. The van der Waals surface area contributed by atoms with E-state index in [1.165, 1.54) is 18.3 Å². The maximum Gasteiger partial charge on any atom is 0.417 e. The Labute approximate surface area is 165 Å². The lowest BCUT2D eigenvalue weighted by Crippen LogP contribution is -2.25. The molecule has 144 valence electrons. The molecule has 1 aliphatic rings. The molecule has 0 radical (unpaired) electrons. The molecule has 3 aromatic rings. The van der Waals surface area contributed by atoms with Gasteiger partial charge < -0.3 is 4.90 Å². The molecule has 1 amide bonds. The Morgan fingerprint density at radius 2 is 1.83 bits per heavy atom. The minimum absolute atomic E-state index is 0.157. The summed E-state index contributed by atoms with van der Waals surface area (Å²) in [6.07, 6.45) is 0.273. The summed E-state index contributed by atoms with van der Waals surface area (Å²) in [7, 11) is 0. The third-order valence-electron chi connectivity index (χ3n) is 4.58. The van der Waals surface area contributed by atoms with Crippen LogP contribution in [0.2, 0.25) is 0 Å². The Morgan fingerprint density at radius 1 is 1.00 bits per heavy atom. The van der Waals surface area contributed by atoms with Gasteiger partial charge in [-0.05, 0) is 53.4 Å². The summed E-state index contributed by atoms with van der Waals surface area (Å²) >= 11 is 0. The number of alkyl halides is 3. The molecular weight excluding hydrogens is 379 g/mol. The summed E-state index contributed by atoms with van der Waals surface area (Å²) in [5.74, 6) is 4.80. The van der Waals surface area contributed by atoms with Gasteiger partial charge in [0.25, 0.3) is 5.91 Å². The van der Waals surface area contributed by atoms with Crippen LogP contribution in [0.1, 0.15) is 38.3 Å². The van der Waals surface area contributed by atoms with Gasteiger partial charge in [0.05, 0.1) is 5.56 Å². The van der Waals surface area contributed by atoms with Gasteiger partial charge in [-0.15, -0.1) is 0 Å². The first-order valence-electron chi connectivity index (χ1n) is 8.77. The Balaban J connectivity index is 1.67. The van der Waals surface area contributed by atoms with Crippen LogP contribution in [-0.4, -0.2) is 20.8 Å². The van der Waals surface area contributed by atoms with Crippen LogP contribution in [0.15, 0.2) is 61.1 Å². The average molecular weight is 393 g/mol. The van der Waals surface area contributed by atoms with Crippen molar-refractivity contribution < 1.29 is 18.0 Å². The van der Waals surface area contributed by atoms with E-state index >= 15 is 0 Å². The maximum absolute atomic E-state index is 13.4. The van der Waals surface area contributed by atoms with E-state index in [1.54, 1.807) is 35.5 Å². The molecule has 0 N–H and O–H groups in total. The van der Waals surface area contributed by atoms with Crippen molar-refractivity contribution in [3.05, 3.63) is 94.6 Å². The smallest absolute Gasteiger partial charge is 0.330 e. The van der Waals surface area contributed by atoms with Crippen molar-refractivity contribution in [3.63, 3.8) is 0 Å².